The van der Waals surface area contributed by atoms with Gasteiger partial charge in [0.15, 0.2) is 11.5 Å². The van der Waals surface area contributed by atoms with Gasteiger partial charge in [-0.05, 0) is 37.6 Å². The van der Waals surface area contributed by atoms with Crippen LogP contribution >= 0.6 is 0 Å². The van der Waals surface area contributed by atoms with Gasteiger partial charge < -0.3 is 24.1 Å². The molecular weight excluding hydrogens is 394 g/mol. The van der Waals surface area contributed by atoms with Gasteiger partial charge in [-0.2, -0.15) is 0 Å². The lowest BCUT2D eigenvalue weighted by molar-refractivity contribution is -0.385. The third-order valence-corrected chi connectivity index (χ3v) is 4.54. The first-order valence-electron chi connectivity index (χ1n) is 9.09. The first-order valence-corrected chi connectivity index (χ1v) is 9.09. The SMILES string of the molecule is CC1Oc2cc(OC(=O)/C=C/c3ccc(O)c(CC=O)c3)c([N+](=O)[O-])cc2OC1C. The number of aromatic hydroxyl groups is 1. The van der Waals surface area contributed by atoms with Crippen LogP contribution in [0.15, 0.2) is 36.4 Å². The lowest BCUT2D eigenvalue weighted by atomic mass is 10.1. The van der Waals surface area contributed by atoms with Crippen LogP contribution in [0.1, 0.15) is 25.0 Å². The van der Waals surface area contributed by atoms with Gasteiger partial charge in [-0.15, -0.1) is 0 Å². The van der Waals surface area contributed by atoms with E-state index in [2.05, 4.69) is 0 Å². The van der Waals surface area contributed by atoms with E-state index in [-0.39, 0.29) is 41.6 Å². The maximum absolute atomic E-state index is 12.2. The van der Waals surface area contributed by atoms with Crippen molar-refractivity contribution in [1.29, 1.82) is 0 Å². The Bertz CT molecular complexity index is 1030. The summed E-state index contributed by atoms with van der Waals surface area (Å²) in [4.78, 5) is 33.6. The van der Waals surface area contributed by atoms with Crippen LogP contribution in [0.5, 0.6) is 23.0 Å². The molecule has 1 N–H and O–H groups in total. The molecule has 0 fully saturated rings. The minimum atomic E-state index is -0.846. The van der Waals surface area contributed by atoms with Gasteiger partial charge in [0.2, 0.25) is 5.75 Å². The fourth-order valence-corrected chi connectivity index (χ4v) is 2.80. The number of nitro benzene ring substituents is 1. The third-order valence-electron chi connectivity index (χ3n) is 4.54. The maximum Gasteiger partial charge on any atom is 0.336 e. The number of ether oxygens (including phenoxy) is 3. The number of nitrogens with zero attached hydrogens (tertiary/aromatic N) is 1. The Morgan fingerprint density at radius 3 is 2.50 bits per heavy atom. The molecule has 156 valence electrons. The summed E-state index contributed by atoms with van der Waals surface area (Å²) in [6, 6.07) is 6.91. The van der Waals surface area contributed by atoms with Crippen molar-refractivity contribution in [2.45, 2.75) is 32.5 Å². The minimum absolute atomic E-state index is 0.0262. The number of esters is 1. The zero-order chi connectivity index (χ0) is 21.8. The number of carbonyl (C=O) groups is 2. The molecule has 3 rings (SSSR count). The standard InChI is InChI=1S/C21H19NO8/c1-12-13(2)29-20-11-18(16(22(26)27)10-19(20)28-12)30-21(25)6-4-14-3-5-17(24)15(9-14)7-8-23/h3-6,8-13,24H,7H2,1-2H3/b6-4+. The van der Waals surface area contributed by atoms with Crippen molar-refractivity contribution in [3.8, 4) is 23.0 Å². The molecule has 0 spiro atoms. The third kappa shape index (κ3) is 4.57. The van der Waals surface area contributed by atoms with Crippen LogP contribution in [0.25, 0.3) is 6.08 Å². The van der Waals surface area contributed by atoms with Crippen LogP contribution < -0.4 is 14.2 Å². The molecule has 1 aliphatic heterocycles. The first-order chi connectivity index (χ1) is 14.3. The van der Waals surface area contributed by atoms with Crippen molar-refractivity contribution >= 4 is 24.0 Å². The second-order valence-electron chi connectivity index (χ2n) is 6.68. The van der Waals surface area contributed by atoms with E-state index in [1.54, 1.807) is 26.0 Å². The molecule has 0 saturated heterocycles. The zero-order valence-electron chi connectivity index (χ0n) is 16.2. The topological polar surface area (TPSA) is 125 Å². The van der Waals surface area contributed by atoms with E-state index in [0.717, 1.165) is 12.1 Å². The monoisotopic (exact) mass is 413 g/mol. The lowest BCUT2D eigenvalue weighted by Gasteiger charge is -2.29. The summed E-state index contributed by atoms with van der Waals surface area (Å²) in [5.74, 6) is -0.700. The van der Waals surface area contributed by atoms with E-state index >= 15 is 0 Å². The number of hydrogen-bond acceptors (Lipinski definition) is 8. The number of phenolic OH excluding ortho intramolecular Hbond substituents is 1. The van der Waals surface area contributed by atoms with Crippen LogP contribution in [0.2, 0.25) is 0 Å². The number of benzene rings is 2. The molecule has 0 radical (unpaired) electrons. The zero-order valence-corrected chi connectivity index (χ0v) is 16.2. The number of rotatable bonds is 6. The minimum Gasteiger partial charge on any atom is -0.508 e. The van der Waals surface area contributed by atoms with Gasteiger partial charge in [-0.1, -0.05) is 6.07 Å². The van der Waals surface area contributed by atoms with E-state index in [1.807, 2.05) is 0 Å². The fourth-order valence-electron chi connectivity index (χ4n) is 2.80. The molecule has 0 bridgehead atoms. The molecule has 9 nitrogen and oxygen atoms in total. The van der Waals surface area contributed by atoms with Crippen molar-refractivity contribution in [3.05, 3.63) is 57.6 Å². The van der Waals surface area contributed by atoms with Crippen molar-refractivity contribution in [2.75, 3.05) is 0 Å². The van der Waals surface area contributed by atoms with Gasteiger partial charge >= 0.3 is 11.7 Å². The molecule has 1 heterocycles. The quantitative estimate of drug-likeness (QED) is 0.191. The molecule has 2 aromatic rings. The molecule has 2 unspecified atom stereocenters. The first kappa shape index (κ1) is 20.8. The highest BCUT2D eigenvalue weighted by atomic mass is 16.6. The van der Waals surface area contributed by atoms with Gasteiger partial charge in [0, 0.05) is 24.1 Å². The smallest absolute Gasteiger partial charge is 0.336 e. The van der Waals surface area contributed by atoms with Crippen LogP contribution in [0.3, 0.4) is 0 Å². The van der Waals surface area contributed by atoms with E-state index in [4.69, 9.17) is 14.2 Å². The Balaban J connectivity index is 1.82. The van der Waals surface area contributed by atoms with E-state index in [0.29, 0.717) is 17.4 Å². The van der Waals surface area contributed by atoms with Crippen molar-refractivity contribution in [1.82, 2.24) is 0 Å². The summed E-state index contributed by atoms with van der Waals surface area (Å²) in [5, 5.41) is 21.1. The second-order valence-corrected chi connectivity index (χ2v) is 6.68. The number of nitro groups is 1. The van der Waals surface area contributed by atoms with Gasteiger partial charge in [-0.25, -0.2) is 4.79 Å². The highest BCUT2D eigenvalue weighted by Crippen LogP contribution is 2.42. The Labute approximate surface area is 171 Å². The Morgan fingerprint density at radius 2 is 1.87 bits per heavy atom. The van der Waals surface area contributed by atoms with Crippen molar-refractivity contribution in [3.63, 3.8) is 0 Å². The number of carbonyl (C=O) groups excluding carboxylic acids is 2. The summed E-state index contributed by atoms with van der Waals surface area (Å²) >= 11 is 0. The molecule has 1 aliphatic rings. The predicted octanol–water partition coefficient (Wildman–Crippen LogP) is 3.21. The van der Waals surface area contributed by atoms with Crippen molar-refractivity contribution < 1.29 is 33.8 Å². The summed E-state index contributed by atoms with van der Waals surface area (Å²) in [6.07, 6.45) is 2.60. The highest BCUT2D eigenvalue weighted by molar-refractivity contribution is 5.89. The van der Waals surface area contributed by atoms with Gasteiger partial charge in [0.25, 0.3) is 0 Å². The number of aldehydes is 1. The normalized spacial score (nSPS) is 17.5. The largest absolute Gasteiger partial charge is 0.508 e. The lowest BCUT2D eigenvalue weighted by Crippen LogP contribution is -2.35. The molecule has 2 atom stereocenters. The van der Waals surface area contributed by atoms with Crippen LogP contribution in [0, 0.1) is 10.1 Å². The van der Waals surface area contributed by atoms with Crippen LogP contribution in [0.4, 0.5) is 5.69 Å². The predicted molar refractivity (Wildman–Crippen MR) is 106 cm³/mol. The molecule has 0 aliphatic carbocycles. The summed E-state index contributed by atoms with van der Waals surface area (Å²) < 4.78 is 16.4. The van der Waals surface area contributed by atoms with Crippen molar-refractivity contribution in [2.24, 2.45) is 0 Å². The Hall–Kier alpha value is -3.88. The fraction of sp³-hybridized carbons (Fsp3) is 0.238. The molecule has 0 saturated carbocycles. The Morgan fingerprint density at radius 1 is 1.20 bits per heavy atom. The van der Waals surface area contributed by atoms with E-state index in [9.17, 15) is 24.8 Å². The molecule has 2 aromatic carbocycles. The number of phenols is 1. The van der Waals surface area contributed by atoms with Gasteiger partial charge in [-0.3, -0.25) is 10.1 Å². The average molecular weight is 413 g/mol. The molecule has 30 heavy (non-hydrogen) atoms. The van der Waals surface area contributed by atoms with Gasteiger partial charge in [0.1, 0.15) is 24.2 Å². The number of hydrogen-bond donors (Lipinski definition) is 1. The van der Waals surface area contributed by atoms with E-state index < -0.39 is 16.6 Å². The summed E-state index contributed by atoms with van der Waals surface area (Å²) in [5.41, 5.74) is 0.520. The maximum atomic E-state index is 12.2. The Kier molecular flexibility index (Phi) is 6.01. The second kappa shape index (κ2) is 8.64. The summed E-state index contributed by atoms with van der Waals surface area (Å²) in [7, 11) is 0. The number of fused-ring (bicyclic) bond motifs is 1. The van der Waals surface area contributed by atoms with Gasteiger partial charge in [0.05, 0.1) is 11.0 Å². The molecule has 9 heteroatoms. The van der Waals surface area contributed by atoms with E-state index in [1.165, 1.54) is 18.2 Å². The van der Waals surface area contributed by atoms with Crippen LogP contribution in [-0.2, 0) is 16.0 Å². The molecule has 0 amide bonds. The molecular formula is C21H19NO8. The average Bonchev–Trinajstić information content (AvgIpc) is 2.69. The highest BCUT2D eigenvalue weighted by Gasteiger charge is 2.30. The van der Waals surface area contributed by atoms with Crippen LogP contribution in [-0.4, -0.2) is 34.5 Å². The molecule has 0 aromatic heterocycles. The summed E-state index contributed by atoms with van der Waals surface area (Å²) in [6.45, 7) is 3.57.